The SMILES string of the molecule is COCCCNC(=S)NCCCCC(N)=O. The Morgan fingerprint density at radius 3 is 2.44 bits per heavy atom. The van der Waals surface area contributed by atoms with Gasteiger partial charge >= 0.3 is 0 Å². The van der Waals surface area contributed by atoms with Crippen LogP contribution >= 0.6 is 12.2 Å². The Hall–Kier alpha value is -0.880. The maximum absolute atomic E-state index is 10.5. The first-order valence-electron chi connectivity index (χ1n) is 5.45. The maximum Gasteiger partial charge on any atom is 0.217 e. The molecule has 0 saturated heterocycles. The van der Waals surface area contributed by atoms with Gasteiger partial charge in [0.05, 0.1) is 0 Å². The number of amides is 1. The molecule has 0 aliphatic carbocycles. The highest BCUT2D eigenvalue weighted by molar-refractivity contribution is 7.80. The number of ether oxygens (including phenoxy) is 1. The van der Waals surface area contributed by atoms with Crippen molar-refractivity contribution in [2.24, 2.45) is 5.73 Å². The highest BCUT2D eigenvalue weighted by atomic mass is 32.1. The van der Waals surface area contributed by atoms with E-state index in [0.717, 1.165) is 39.0 Å². The van der Waals surface area contributed by atoms with Gasteiger partial charge in [-0.3, -0.25) is 4.79 Å². The van der Waals surface area contributed by atoms with Crippen molar-refractivity contribution in [1.29, 1.82) is 0 Å². The molecule has 0 aromatic heterocycles. The van der Waals surface area contributed by atoms with Gasteiger partial charge in [0.15, 0.2) is 5.11 Å². The van der Waals surface area contributed by atoms with Gasteiger partial charge in [-0.2, -0.15) is 0 Å². The minimum absolute atomic E-state index is 0.250. The summed E-state index contributed by atoms with van der Waals surface area (Å²) < 4.78 is 4.91. The van der Waals surface area contributed by atoms with Gasteiger partial charge in [0.2, 0.25) is 5.91 Å². The monoisotopic (exact) mass is 247 g/mol. The smallest absolute Gasteiger partial charge is 0.217 e. The van der Waals surface area contributed by atoms with Gasteiger partial charge in [0.25, 0.3) is 0 Å². The molecule has 0 fully saturated rings. The summed E-state index contributed by atoms with van der Waals surface area (Å²) in [4.78, 5) is 10.5. The second-order valence-corrected chi connectivity index (χ2v) is 3.86. The van der Waals surface area contributed by atoms with Gasteiger partial charge in [0, 0.05) is 33.2 Å². The highest BCUT2D eigenvalue weighted by Crippen LogP contribution is 1.92. The van der Waals surface area contributed by atoms with E-state index in [2.05, 4.69) is 10.6 Å². The first-order chi connectivity index (χ1) is 7.66. The predicted molar refractivity (Wildman–Crippen MR) is 68.1 cm³/mol. The number of methoxy groups -OCH3 is 1. The quantitative estimate of drug-likeness (QED) is 0.399. The van der Waals surface area contributed by atoms with Crippen molar-refractivity contribution in [3.63, 3.8) is 0 Å². The van der Waals surface area contributed by atoms with Crippen LogP contribution in [-0.2, 0) is 9.53 Å². The number of carbonyl (C=O) groups is 1. The van der Waals surface area contributed by atoms with Crippen LogP contribution < -0.4 is 16.4 Å². The molecule has 6 heteroatoms. The molecule has 0 spiro atoms. The number of thiocarbonyl (C=S) groups is 1. The Balaban J connectivity index is 3.20. The summed E-state index contributed by atoms with van der Waals surface area (Å²) in [6.07, 6.45) is 3.06. The van der Waals surface area contributed by atoms with E-state index < -0.39 is 0 Å². The predicted octanol–water partition coefficient (Wildman–Crippen LogP) is 0.143. The molecule has 0 rings (SSSR count). The van der Waals surface area contributed by atoms with Crippen LogP contribution in [0.3, 0.4) is 0 Å². The van der Waals surface area contributed by atoms with E-state index in [-0.39, 0.29) is 5.91 Å². The highest BCUT2D eigenvalue weighted by Gasteiger charge is 1.96. The van der Waals surface area contributed by atoms with Gasteiger partial charge in [-0.25, -0.2) is 0 Å². The minimum atomic E-state index is -0.250. The summed E-state index contributed by atoms with van der Waals surface area (Å²) in [5.41, 5.74) is 5.02. The molecule has 0 aromatic carbocycles. The number of nitrogens with two attached hydrogens (primary N) is 1. The van der Waals surface area contributed by atoms with E-state index in [1.807, 2.05) is 0 Å². The third kappa shape index (κ3) is 11.2. The standard InChI is InChI=1S/C10H21N3O2S/c1-15-8-4-7-13-10(16)12-6-3-2-5-9(11)14/h2-8H2,1H3,(H2,11,14)(H2,12,13,16). The Morgan fingerprint density at radius 2 is 1.88 bits per heavy atom. The number of nitrogens with one attached hydrogen (secondary N) is 2. The van der Waals surface area contributed by atoms with Crippen LogP contribution in [0.15, 0.2) is 0 Å². The summed E-state index contributed by atoms with van der Waals surface area (Å²) in [5, 5.41) is 6.77. The van der Waals surface area contributed by atoms with Crippen molar-refractivity contribution >= 4 is 23.2 Å². The molecule has 5 nitrogen and oxygen atoms in total. The molecular formula is C10H21N3O2S. The van der Waals surface area contributed by atoms with Crippen LogP contribution in [0.4, 0.5) is 0 Å². The van der Waals surface area contributed by atoms with E-state index in [9.17, 15) is 4.79 Å². The van der Waals surface area contributed by atoms with E-state index >= 15 is 0 Å². The van der Waals surface area contributed by atoms with Gasteiger partial charge in [-0.05, 0) is 31.5 Å². The normalized spacial score (nSPS) is 9.81. The summed E-state index contributed by atoms with van der Waals surface area (Å²) >= 11 is 5.05. The van der Waals surface area contributed by atoms with E-state index in [4.69, 9.17) is 22.7 Å². The largest absolute Gasteiger partial charge is 0.385 e. The fourth-order valence-corrected chi connectivity index (χ4v) is 1.31. The van der Waals surface area contributed by atoms with Crippen LogP contribution in [-0.4, -0.2) is 37.8 Å². The molecule has 4 N–H and O–H groups in total. The Kier molecular flexibility index (Phi) is 10.0. The minimum Gasteiger partial charge on any atom is -0.385 e. The van der Waals surface area contributed by atoms with Crippen LogP contribution in [0.25, 0.3) is 0 Å². The topological polar surface area (TPSA) is 76.4 Å². The Bertz CT molecular complexity index is 212. The molecule has 0 aliphatic heterocycles. The number of carbonyl (C=O) groups excluding carboxylic acids is 1. The fourth-order valence-electron chi connectivity index (χ4n) is 1.11. The zero-order valence-corrected chi connectivity index (χ0v) is 10.6. The average Bonchev–Trinajstić information content (AvgIpc) is 2.23. The summed E-state index contributed by atoms with van der Waals surface area (Å²) in [7, 11) is 1.68. The van der Waals surface area contributed by atoms with Gasteiger partial charge in [0.1, 0.15) is 0 Å². The van der Waals surface area contributed by atoms with Crippen LogP contribution in [0, 0.1) is 0 Å². The number of unbranched alkanes of at least 4 members (excludes halogenated alkanes) is 1. The first-order valence-corrected chi connectivity index (χ1v) is 5.86. The zero-order valence-electron chi connectivity index (χ0n) is 9.75. The Morgan fingerprint density at radius 1 is 1.25 bits per heavy atom. The van der Waals surface area contributed by atoms with Crippen molar-refractivity contribution < 1.29 is 9.53 Å². The molecular weight excluding hydrogens is 226 g/mol. The van der Waals surface area contributed by atoms with Gasteiger partial charge in [-0.1, -0.05) is 0 Å². The van der Waals surface area contributed by atoms with Crippen LogP contribution in [0.1, 0.15) is 25.7 Å². The van der Waals surface area contributed by atoms with Crippen LogP contribution in [0.2, 0.25) is 0 Å². The summed E-state index contributed by atoms with van der Waals surface area (Å²) in [5.74, 6) is -0.250. The molecule has 0 unspecified atom stereocenters. The van der Waals surface area contributed by atoms with Crippen molar-refractivity contribution in [2.75, 3.05) is 26.8 Å². The molecule has 0 heterocycles. The van der Waals surface area contributed by atoms with Crippen molar-refractivity contribution in [2.45, 2.75) is 25.7 Å². The third-order valence-electron chi connectivity index (χ3n) is 1.95. The molecule has 0 aliphatic rings. The lowest BCUT2D eigenvalue weighted by atomic mass is 10.2. The van der Waals surface area contributed by atoms with Gasteiger partial charge in [-0.15, -0.1) is 0 Å². The van der Waals surface area contributed by atoms with Crippen molar-refractivity contribution in [3.05, 3.63) is 0 Å². The molecule has 1 amide bonds. The number of hydrogen-bond acceptors (Lipinski definition) is 3. The molecule has 0 bridgehead atoms. The second-order valence-electron chi connectivity index (χ2n) is 3.45. The first kappa shape index (κ1) is 15.1. The summed E-state index contributed by atoms with van der Waals surface area (Å²) in [6.45, 7) is 2.30. The summed E-state index contributed by atoms with van der Waals surface area (Å²) in [6, 6.07) is 0. The molecule has 0 aromatic rings. The molecule has 94 valence electrons. The van der Waals surface area contributed by atoms with Gasteiger partial charge < -0.3 is 21.1 Å². The molecule has 16 heavy (non-hydrogen) atoms. The second kappa shape index (κ2) is 10.6. The average molecular weight is 247 g/mol. The lowest BCUT2D eigenvalue weighted by Gasteiger charge is -2.09. The Labute approximate surface area is 102 Å². The lowest BCUT2D eigenvalue weighted by Crippen LogP contribution is -2.36. The molecule has 0 atom stereocenters. The van der Waals surface area contributed by atoms with Crippen LogP contribution in [0.5, 0.6) is 0 Å². The zero-order chi connectivity index (χ0) is 12.2. The van der Waals surface area contributed by atoms with Crippen molar-refractivity contribution in [1.82, 2.24) is 10.6 Å². The number of hydrogen-bond donors (Lipinski definition) is 3. The number of rotatable bonds is 9. The van der Waals surface area contributed by atoms with Crippen molar-refractivity contribution in [3.8, 4) is 0 Å². The molecule has 0 radical (unpaired) electrons. The fraction of sp³-hybridized carbons (Fsp3) is 0.800. The van der Waals surface area contributed by atoms with E-state index in [0.29, 0.717) is 11.5 Å². The maximum atomic E-state index is 10.5. The lowest BCUT2D eigenvalue weighted by molar-refractivity contribution is -0.118. The van der Waals surface area contributed by atoms with E-state index in [1.165, 1.54) is 0 Å². The van der Waals surface area contributed by atoms with E-state index in [1.54, 1.807) is 7.11 Å². The number of primary amides is 1. The third-order valence-corrected chi connectivity index (χ3v) is 2.23. The molecule has 0 saturated carbocycles.